The summed E-state index contributed by atoms with van der Waals surface area (Å²) < 4.78 is 5.18. The third-order valence-electron chi connectivity index (χ3n) is 2.86. The third kappa shape index (κ3) is 3.36. The second kappa shape index (κ2) is 6.72. The smallest absolute Gasteiger partial charge is 0.261 e. The van der Waals surface area contributed by atoms with Gasteiger partial charge in [0.05, 0.1) is 12.0 Å². The van der Waals surface area contributed by atoms with E-state index in [1.54, 1.807) is 18.2 Å². The molecule has 0 atom stereocenters. The van der Waals surface area contributed by atoms with E-state index in [4.69, 9.17) is 10.2 Å². The fraction of sp³-hybridized carbons (Fsp3) is 0.286. The van der Waals surface area contributed by atoms with Gasteiger partial charge >= 0.3 is 0 Å². The molecule has 6 heteroatoms. The Bertz CT molecular complexity index is 617. The highest BCUT2D eigenvalue weighted by molar-refractivity contribution is 5.93. The van der Waals surface area contributed by atoms with Gasteiger partial charge in [-0.15, -0.1) is 0 Å². The molecular formula is C14H17N3O3. The average molecular weight is 275 g/mol. The maximum Gasteiger partial charge on any atom is 0.261 e. The van der Waals surface area contributed by atoms with Crippen molar-refractivity contribution in [1.29, 1.82) is 0 Å². The number of aromatic amines is 1. The van der Waals surface area contributed by atoms with E-state index < -0.39 is 5.56 Å². The molecule has 0 aliphatic heterocycles. The lowest BCUT2D eigenvalue weighted by molar-refractivity contribution is 0.0951. The van der Waals surface area contributed by atoms with Crippen molar-refractivity contribution in [3.8, 4) is 11.5 Å². The predicted molar refractivity (Wildman–Crippen MR) is 75.4 cm³/mol. The summed E-state index contributed by atoms with van der Waals surface area (Å²) in [6.07, 6.45) is 3.16. The van der Waals surface area contributed by atoms with Gasteiger partial charge in [-0.05, 0) is 43.7 Å². The Morgan fingerprint density at radius 2 is 2.15 bits per heavy atom. The summed E-state index contributed by atoms with van der Waals surface area (Å²) in [5.74, 6) is 0.172. The first-order valence-corrected chi connectivity index (χ1v) is 6.48. The highest BCUT2D eigenvalue weighted by atomic mass is 16.3. The number of furan rings is 1. The number of rotatable bonds is 6. The number of nitrogens with two attached hydrogens (primary N) is 1. The number of pyridine rings is 1. The van der Waals surface area contributed by atoms with Crippen LogP contribution in [-0.4, -0.2) is 24.0 Å². The molecule has 2 rings (SSSR count). The normalized spacial score (nSPS) is 10.4. The zero-order chi connectivity index (χ0) is 14.4. The van der Waals surface area contributed by atoms with Crippen LogP contribution < -0.4 is 16.6 Å². The van der Waals surface area contributed by atoms with Crippen molar-refractivity contribution in [1.82, 2.24) is 10.3 Å². The molecule has 0 bridgehead atoms. The summed E-state index contributed by atoms with van der Waals surface area (Å²) in [6, 6.07) is 6.60. The molecule has 106 valence electrons. The predicted octanol–water partition coefficient (Wildman–Crippen LogP) is 1.10. The van der Waals surface area contributed by atoms with Crippen LogP contribution in [0.25, 0.3) is 11.5 Å². The molecule has 1 amide bonds. The molecular weight excluding hydrogens is 258 g/mol. The van der Waals surface area contributed by atoms with Gasteiger partial charge < -0.3 is 20.5 Å². The van der Waals surface area contributed by atoms with E-state index >= 15 is 0 Å². The molecule has 0 aromatic carbocycles. The van der Waals surface area contributed by atoms with Crippen molar-refractivity contribution in [2.45, 2.75) is 12.8 Å². The van der Waals surface area contributed by atoms with Gasteiger partial charge in [0.2, 0.25) is 0 Å². The lowest BCUT2D eigenvalue weighted by Gasteiger charge is -2.04. The molecule has 0 saturated heterocycles. The lowest BCUT2D eigenvalue weighted by Crippen LogP contribution is -2.30. The monoisotopic (exact) mass is 275 g/mol. The van der Waals surface area contributed by atoms with Gasteiger partial charge in [0.15, 0.2) is 0 Å². The SMILES string of the molecule is NCCCCNC(=O)c1ccc(-c2ccco2)[nH]c1=O. The van der Waals surface area contributed by atoms with E-state index in [9.17, 15) is 9.59 Å². The standard InChI is InChI=1S/C14H17N3O3/c15-7-1-2-8-16-13(18)10-5-6-11(17-14(10)19)12-4-3-9-20-12/h3-6,9H,1-2,7-8,15H2,(H,16,18)(H,17,19). The summed E-state index contributed by atoms with van der Waals surface area (Å²) in [7, 11) is 0. The maximum atomic E-state index is 11.9. The minimum absolute atomic E-state index is 0.0908. The van der Waals surface area contributed by atoms with E-state index in [-0.39, 0.29) is 11.5 Å². The zero-order valence-corrected chi connectivity index (χ0v) is 11.0. The van der Waals surface area contributed by atoms with E-state index in [0.29, 0.717) is 24.5 Å². The first-order chi connectivity index (χ1) is 9.72. The topological polar surface area (TPSA) is 101 Å². The van der Waals surface area contributed by atoms with Crippen molar-refractivity contribution in [3.63, 3.8) is 0 Å². The number of hydrogen-bond donors (Lipinski definition) is 3. The molecule has 4 N–H and O–H groups in total. The number of carbonyl (C=O) groups excluding carboxylic acids is 1. The second-order valence-electron chi connectivity index (χ2n) is 4.34. The van der Waals surface area contributed by atoms with Gasteiger partial charge in [-0.25, -0.2) is 0 Å². The Kier molecular flexibility index (Phi) is 4.73. The van der Waals surface area contributed by atoms with Crippen LogP contribution in [0.2, 0.25) is 0 Å². The molecule has 0 radical (unpaired) electrons. The Morgan fingerprint density at radius 3 is 2.80 bits per heavy atom. The van der Waals surface area contributed by atoms with Gasteiger partial charge in [0, 0.05) is 6.54 Å². The molecule has 0 saturated carbocycles. The van der Waals surface area contributed by atoms with Gasteiger partial charge in [0.1, 0.15) is 11.3 Å². The molecule has 0 spiro atoms. The third-order valence-corrected chi connectivity index (χ3v) is 2.86. The zero-order valence-electron chi connectivity index (χ0n) is 11.0. The van der Waals surface area contributed by atoms with E-state index in [1.807, 2.05) is 0 Å². The lowest BCUT2D eigenvalue weighted by atomic mass is 10.2. The van der Waals surface area contributed by atoms with Gasteiger partial charge in [-0.1, -0.05) is 0 Å². The number of nitrogens with one attached hydrogen (secondary N) is 2. The minimum atomic E-state index is -0.435. The van der Waals surface area contributed by atoms with Crippen molar-refractivity contribution in [3.05, 3.63) is 46.4 Å². The summed E-state index contributed by atoms with van der Waals surface area (Å²) >= 11 is 0. The first-order valence-electron chi connectivity index (χ1n) is 6.48. The van der Waals surface area contributed by atoms with Crippen LogP contribution in [0, 0.1) is 0 Å². The Morgan fingerprint density at radius 1 is 1.30 bits per heavy atom. The van der Waals surface area contributed by atoms with Crippen LogP contribution >= 0.6 is 0 Å². The largest absolute Gasteiger partial charge is 0.463 e. The Labute approximate surface area is 116 Å². The maximum absolute atomic E-state index is 11.9. The number of hydrogen-bond acceptors (Lipinski definition) is 4. The first kappa shape index (κ1) is 14.1. The fourth-order valence-corrected chi connectivity index (χ4v) is 1.79. The number of carbonyl (C=O) groups is 1. The molecule has 0 unspecified atom stereocenters. The number of amides is 1. The summed E-state index contributed by atoms with van der Waals surface area (Å²) in [5.41, 5.74) is 5.56. The number of aromatic nitrogens is 1. The van der Waals surface area contributed by atoms with Crippen LogP contribution in [0.15, 0.2) is 39.7 Å². The molecule has 2 aromatic rings. The van der Waals surface area contributed by atoms with E-state index in [0.717, 1.165) is 12.8 Å². The molecule has 0 fully saturated rings. The molecule has 0 aliphatic rings. The van der Waals surface area contributed by atoms with Crippen LogP contribution in [0.4, 0.5) is 0 Å². The van der Waals surface area contributed by atoms with Crippen molar-refractivity contribution < 1.29 is 9.21 Å². The van der Waals surface area contributed by atoms with E-state index in [1.165, 1.54) is 12.3 Å². The summed E-state index contributed by atoms with van der Waals surface area (Å²) in [5, 5.41) is 2.69. The van der Waals surface area contributed by atoms with Crippen molar-refractivity contribution >= 4 is 5.91 Å². The number of H-pyrrole nitrogens is 1. The number of unbranched alkanes of at least 4 members (excludes halogenated alkanes) is 1. The highest BCUT2D eigenvalue weighted by Crippen LogP contribution is 2.15. The van der Waals surface area contributed by atoms with E-state index in [2.05, 4.69) is 10.3 Å². The molecule has 6 nitrogen and oxygen atoms in total. The van der Waals surface area contributed by atoms with Crippen LogP contribution in [0.1, 0.15) is 23.2 Å². The van der Waals surface area contributed by atoms with Crippen molar-refractivity contribution in [2.24, 2.45) is 5.73 Å². The van der Waals surface area contributed by atoms with Crippen LogP contribution in [0.5, 0.6) is 0 Å². The van der Waals surface area contributed by atoms with Crippen LogP contribution in [0.3, 0.4) is 0 Å². The summed E-state index contributed by atoms with van der Waals surface area (Å²) in [4.78, 5) is 26.4. The second-order valence-corrected chi connectivity index (χ2v) is 4.34. The average Bonchev–Trinajstić information content (AvgIpc) is 2.97. The highest BCUT2D eigenvalue weighted by Gasteiger charge is 2.11. The Balaban J connectivity index is 2.06. The minimum Gasteiger partial charge on any atom is -0.463 e. The van der Waals surface area contributed by atoms with Gasteiger partial charge in [0.25, 0.3) is 11.5 Å². The quantitative estimate of drug-likeness (QED) is 0.687. The van der Waals surface area contributed by atoms with Crippen molar-refractivity contribution in [2.75, 3.05) is 13.1 Å². The van der Waals surface area contributed by atoms with Gasteiger partial charge in [-0.3, -0.25) is 9.59 Å². The molecule has 0 aliphatic carbocycles. The summed E-state index contributed by atoms with van der Waals surface area (Å²) in [6.45, 7) is 1.10. The molecule has 20 heavy (non-hydrogen) atoms. The molecule has 2 heterocycles. The fourth-order valence-electron chi connectivity index (χ4n) is 1.79. The van der Waals surface area contributed by atoms with Crippen LogP contribution in [-0.2, 0) is 0 Å². The van der Waals surface area contributed by atoms with Gasteiger partial charge in [-0.2, -0.15) is 0 Å². The molecule has 2 aromatic heterocycles. The Hall–Kier alpha value is -2.34.